The van der Waals surface area contributed by atoms with E-state index in [0.717, 1.165) is 25.9 Å². The molecule has 1 heterocycles. The van der Waals surface area contributed by atoms with E-state index in [0.29, 0.717) is 19.2 Å². The van der Waals surface area contributed by atoms with Gasteiger partial charge in [-0.2, -0.15) is 0 Å². The van der Waals surface area contributed by atoms with E-state index in [4.69, 9.17) is 4.74 Å². The molecule has 2 N–H and O–H groups in total. The van der Waals surface area contributed by atoms with Gasteiger partial charge in [0.15, 0.2) is 0 Å². The van der Waals surface area contributed by atoms with Crippen LogP contribution in [0.5, 0.6) is 0 Å². The van der Waals surface area contributed by atoms with Gasteiger partial charge in [-0.15, -0.1) is 0 Å². The predicted molar refractivity (Wildman–Crippen MR) is 50.7 cm³/mol. The van der Waals surface area contributed by atoms with Crippen molar-refractivity contribution in [3.8, 4) is 0 Å². The molecule has 0 bridgehead atoms. The van der Waals surface area contributed by atoms with Crippen LogP contribution in [0, 0.1) is 0 Å². The van der Waals surface area contributed by atoms with Crippen LogP contribution in [0.2, 0.25) is 0 Å². The van der Waals surface area contributed by atoms with Crippen molar-refractivity contribution in [1.29, 1.82) is 0 Å². The Balaban J connectivity index is 1.87. The number of halogens is 2. The minimum absolute atomic E-state index is 0.369. The number of alkyl halides is 2. The molecule has 1 aliphatic rings. The Morgan fingerprint density at radius 3 is 2.71 bits per heavy atom. The number of hydrogen-bond donors (Lipinski definition) is 2. The van der Waals surface area contributed by atoms with Gasteiger partial charge < -0.3 is 15.4 Å². The molecule has 5 heteroatoms. The summed E-state index contributed by atoms with van der Waals surface area (Å²) in [5.41, 5.74) is 0. The minimum Gasteiger partial charge on any atom is -0.374 e. The van der Waals surface area contributed by atoms with Crippen molar-refractivity contribution in [1.82, 2.24) is 10.6 Å². The van der Waals surface area contributed by atoms with Gasteiger partial charge in [0.05, 0.1) is 6.61 Å². The van der Waals surface area contributed by atoms with Gasteiger partial charge in [-0.3, -0.25) is 0 Å². The Morgan fingerprint density at radius 1 is 1.36 bits per heavy atom. The minimum atomic E-state index is -2.35. The summed E-state index contributed by atoms with van der Waals surface area (Å²) in [6, 6.07) is 0.520. The molecule has 0 spiro atoms. The summed E-state index contributed by atoms with van der Waals surface area (Å²) < 4.78 is 28.1. The standard InChI is InChI=1S/C9H18F2N2O/c10-9(11)7-14-6-5-13-8-1-3-12-4-2-8/h8-9,12-13H,1-7H2. The van der Waals surface area contributed by atoms with Gasteiger partial charge >= 0.3 is 0 Å². The number of nitrogens with one attached hydrogen (secondary N) is 2. The first kappa shape index (κ1) is 11.8. The predicted octanol–water partition coefficient (Wildman–Crippen LogP) is 0.610. The summed E-state index contributed by atoms with van der Waals surface area (Å²) in [7, 11) is 0. The largest absolute Gasteiger partial charge is 0.374 e. The first-order valence-corrected chi connectivity index (χ1v) is 5.09. The van der Waals surface area contributed by atoms with Crippen LogP contribution in [0.25, 0.3) is 0 Å². The molecule has 0 atom stereocenters. The molecule has 0 aromatic carbocycles. The van der Waals surface area contributed by atoms with E-state index in [2.05, 4.69) is 10.6 Å². The third-order valence-electron chi connectivity index (χ3n) is 2.26. The molecule has 1 fully saturated rings. The van der Waals surface area contributed by atoms with Crippen molar-refractivity contribution in [2.75, 3.05) is 32.8 Å². The Bertz CT molecular complexity index is 141. The van der Waals surface area contributed by atoms with Crippen molar-refractivity contribution in [2.24, 2.45) is 0 Å². The Hall–Kier alpha value is -0.260. The van der Waals surface area contributed by atoms with Crippen molar-refractivity contribution in [3.63, 3.8) is 0 Å². The lowest BCUT2D eigenvalue weighted by Crippen LogP contribution is -2.41. The molecular weight excluding hydrogens is 190 g/mol. The summed E-state index contributed by atoms with van der Waals surface area (Å²) >= 11 is 0. The zero-order valence-electron chi connectivity index (χ0n) is 8.27. The molecule has 1 rings (SSSR count). The summed E-state index contributed by atoms with van der Waals surface area (Å²) in [5.74, 6) is 0. The maximum absolute atomic E-state index is 11.7. The Kier molecular flexibility index (Phi) is 5.98. The Labute approximate surface area is 83.2 Å². The van der Waals surface area contributed by atoms with Crippen molar-refractivity contribution >= 4 is 0 Å². The maximum atomic E-state index is 11.7. The zero-order chi connectivity index (χ0) is 10.2. The zero-order valence-corrected chi connectivity index (χ0v) is 8.27. The molecule has 3 nitrogen and oxygen atoms in total. The van der Waals surface area contributed by atoms with E-state index in [9.17, 15) is 8.78 Å². The lowest BCUT2D eigenvalue weighted by atomic mass is 10.1. The maximum Gasteiger partial charge on any atom is 0.261 e. The number of ether oxygens (including phenoxy) is 1. The molecule has 0 amide bonds. The summed E-state index contributed by atoms with van der Waals surface area (Å²) in [6.07, 6.45) is -0.141. The van der Waals surface area contributed by atoms with Crippen LogP contribution in [0.3, 0.4) is 0 Å². The quantitative estimate of drug-likeness (QED) is 0.627. The van der Waals surface area contributed by atoms with E-state index in [1.54, 1.807) is 0 Å². The highest BCUT2D eigenvalue weighted by Crippen LogP contribution is 2.01. The first-order valence-electron chi connectivity index (χ1n) is 5.09. The highest BCUT2D eigenvalue weighted by atomic mass is 19.3. The van der Waals surface area contributed by atoms with Gasteiger partial charge in [-0.1, -0.05) is 0 Å². The third kappa shape index (κ3) is 5.47. The van der Waals surface area contributed by atoms with Crippen LogP contribution in [0.4, 0.5) is 8.78 Å². The second-order valence-electron chi connectivity index (χ2n) is 3.44. The molecule has 1 aliphatic heterocycles. The second-order valence-corrected chi connectivity index (χ2v) is 3.44. The average Bonchev–Trinajstić information content (AvgIpc) is 2.18. The monoisotopic (exact) mass is 208 g/mol. The van der Waals surface area contributed by atoms with Crippen molar-refractivity contribution in [3.05, 3.63) is 0 Å². The number of piperidine rings is 1. The molecule has 0 aromatic rings. The SMILES string of the molecule is FC(F)COCCNC1CCNCC1. The molecule has 0 aromatic heterocycles. The van der Waals surface area contributed by atoms with E-state index in [1.807, 2.05) is 0 Å². The van der Waals surface area contributed by atoms with Crippen LogP contribution in [0.15, 0.2) is 0 Å². The fourth-order valence-corrected chi connectivity index (χ4v) is 1.53. The lowest BCUT2D eigenvalue weighted by molar-refractivity contribution is 0.0180. The molecule has 84 valence electrons. The van der Waals surface area contributed by atoms with Gasteiger partial charge in [-0.05, 0) is 25.9 Å². The van der Waals surface area contributed by atoms with Crippen LogP contribution >= 0.6 is 0 Å². The lowest BCUT2D eigenvalue weighted by Gasteiger charge is -2.23. The summed E-state index contributed by atoms with van der Waals surface area (Å²) in [5, 5.41) is 6.55. The molecular formula is C9H18F2N2O. The van der Waals surface area contributed by atoms with Crippen molar-refractivity contribution < 1.29 is 13.5 Å². The number of rotatable bonds is 6. The van der Waals surface area contributed by atoms with Crippen LogP contribution in [-0.4, -0.2) is 45.3 Å². The molecule has 0 radical (unpaired) electrons. The third-order valence-corrected chi connectivity index (χ3v) is 2.26. The van der Waals surface area contributed by atoms with Gasteiger partial charge in [-0.25, -0.2) is 8.78 Å². The summed E-state index contributed by atoms with van der Waals surface area (Å²) in [4.78, 5) is 0. The second kappa shape index (κ2) is 7.09. The highest BCUT2D eigenvalue weighted by molar-refractivity contribution is 4.73. The summed E-state index contributed by atoms with van der Waals surface area (Å²) in [6.45, 7) is 2.66. The molecule has 14 heavy (non-hydrogen) atoms. The van der Waals surface area contributed by atoms with Crippen LogP contribution in [-0.2, 0) is 4.74 Å². The fourth-order valence-electron chi connectivity index (χ4n) is 1.53. The molecule has 0 aliphatic carbocycles. The normalized spacial score (nSPS) is 19.1. The fraction of sp³-hybridized carbons (Fsp3) is 1.00. The van der Waals surface area contributed by atoms with E-state index in [1.165, 1.54) is 0 Å². The van der Waals surface area contributed by atoms with Gasteiger partial charge in [0, 0.05) is 12.6 Å². The topological polar surface area (TPSA) is 33.3 Å². The first-order chi connectivity index (χ1) is 6.79. The average molecular weight is 208 g/mol. The highest BCUT2D eigenvalue weighted by Gasteiger charge is 2.11. The molecule has 0 unspecified atom stereocenters. The molecule has 1 saturated heterocycles. The Morgan fingerprint density at radius 2 is 2.07 bits per heavy atom. The van der Waals surface area contributed by atoms with Gasteiger partial charge in [0.25, 0.3) is 6.43 Å². The van der Waals surface area contributed by atoms with Crippen LogP contribution in [0.1, 0.15) is 12.8 Å². The smallest absolute Gasteiger partial charge is 0.261 e. The van der Waals surface area contributed by atoms with E-state index in [-0.39, 0.29) is 0 Å². The van der Waals surface area contributed by atoms with E-state index < -0.39 is 13.0 Å². The molecule has 0 saturated carbocycles. The van der Waals surface area contributed by atoms with Gasteiger partial charge in [0.1, 0.15) is 6.61 Å². The number of hydrogen-bond acceptors (Lipinski definition) is 3. The van der Waals surface area contributed by atoms with Crippen molar-refractivity contribution in [2.45, 2.75) is 25.3 Å². The van der Waals surface area contributed by atoms with Crippen LogP contribution < -0.4 is 10.6 Å². The van der Waals surface area contributed by atoms with Gasteiger partial charge in [0.2, 0.25) is 0 Å². The van der Waals surface area contributed by atoms with E-state index >= 15 is 0 Å².